The van der Waals surface area contributed by atoms with Crippen molar-refractivity contribution in [3.63, 3.8) is 0 Å². The van der Waals surface area contributed by atoms with Gasteiger partial charge in [-0.05, 0) is 48.6 Å². The SMILES string of the molecule is c1ccc2c(c1)CCC2C1CCC1. The highest BCUT2D eigenvalue weighted by atomic mass is 14.4. The van der Waals surface area contributed by atoms with E-state index in [2.05, 4.69) is 24.3 Å². The molecule has 2 aliphatic carbocycles. The Morgan fingerprint density at radius 2 is 1.85 bits per heavy atom. The maximum absolute atomic E-state index is 2.35. The van der Waals surface area contributed by atoms with Crippen LogP contribution in [0.2, 0.25) is 0 Å². The number of hydrogen-bond acceptors (Lipinski definition) is 0. The van der Waals surface area contributed by atoms with Crippen LogP contribution >= 0.6 is 0 Å². The van der Waals surface area contributed by atoms with E-state index in [-0.39, 0.29) is 0 Å². The van der Waals surface area contributed by atoms with Crippen LogP contribution in [-0.2, 0) is 6.42 Å². The van der Waals surface area contributed by atoms with E-state index >= 15 is 0 Å². The molecule has 0 radical (unpaired) electrons. The summed E-state index contributed by atoms with van der Waals surface area (Å²) in [5.74, 6) is 1.95. The molecule has 1 aromatic carbocycles. The zero-order chi connectivity index (χ0) is 8.67. The molecule has 0 heteroatoms. The zero-order valence-electron chi connectivity index (χ0n) is 8.00. The number of fused-ring (bicyclic) bond motifs is 1. The molecule has 1 atom stereocenters. The highest BCUT2D eigenvalue weighted by Gasteiger charge is 2.32. The Morgan fingerprint density at radius 3 is 2.62 bits per heavy atom. The van der Waals surface area contributed by atoms with Crippen LogP contribution in [0.4, 0.5) is 0 Å². The smallest absolute Gasteiger partial charge is 0.0128 e. The van der Waals surface area contributed by atoms with E-state index < -0.39 is 0 Å². The first-order valence-corrected chi connectivity index (χ1v) is 5.53. The van der Waals surface area contributed by atoms with Crippen LogP contribution < -0.4 is 0 Å². The van der Waals surface area contributed by atoms with Gasteiger partial charge in [-0.2, -0.15) is 0 Å². The van der Waals surface area contributed by atoms with Crippen molar-refractivity contribution in [3.05, 3.63) is 35.4 Å². The highest BCUT2D eigenvalue weighted by Crippen LogP contribution is 2.46. The van der Waals surface area contributed by atoms with Crippen molar-refractivity contribution in [3.8, 4) is 0 Å². The summed E-state index contributed by atoms with van der Waals surface area (Å²) in [7, 11) is 0. The second-order valence-electron chi connectivity index (χ2n) is 4.53. The molecule has 0 aromatic heterocycles. The molecule has 0 N–H and O–H groups in total. The Balaban J connectivity index is 1.93. The molecular weight excluding hydrogens is 156 g/mol. The average Bonchev–Trinajstić information content (AvgIpc) is 2.47. The predicted molar refractivity (Wildman–Crippen MR) is 54.8 cm³/mol. The van der Waals surface area contributed by atoms with E-state index in [4.69, 9.17) is 0 Å². The van der Waals surface area contributed by atoms with E-state index in [1.54, 1.807) is 11.1 Å². The Kier molecular flexibility index (Phi) is 1.68. The topological polar surface area (TPSA) is 0 Å². The third-order valence-electron chi connectivity index (χ3n) is 3.90. The quantitative estimate of drug-likeness (QED) is 0.608. The first kappa shape index (κ1) is 7.61. The van der Waals surface area contributed by atoms with Crippen LogP contribution in [0.5, 0.6) is 0 Å². The van der Waals surface area contributed by atoms with E-state index in [1.807, 2.05) is 0 Å². The lowest BCUT2D eigenvalue weighted by Crippen LogP contribution is -2.18. The maximum Gasteiger partial charge on any atom is -0.0128 e. The van der Waals surface area contributed by atoms with Crippen molar-refractivity contribution in [1.29, 1.82) is 0 Å². The summed E-state index contributed by atoms with van der Waals surface area (Å²) < 4.78 is 0. The summed E-state index contributed by atoms with van der Waals surface area (Å²) >= 11 is 0. The summed E-state index contributed by atoms with van der Waals surface area (Å²) in [6.45, 7) is 0. The Morgan fingerprint density at radius 1 is 1.00 bits per heavy atom. The Labute approximate surface area is 80.0 Å². The van der Waals surface area contributed by atoms with Gasteiger partial charge in [0.05, 0.1) is 0 Å². The van der Waals surface area contributed by atoms with Gasteiger partial charge >= 0.3 is 0 Å². The Hall–Kier alpha value is -0.780. The maximum atomic E-state index is 2.35. The van der Waals surface area contributed by atoms with Gasteiger partial charge in [0.15, 0.2) is 0 Å². The summed E-state index contributed by atoms with van der Waals surface area (Å²) in [6, 6.07) is 9.05. The molecule has 0 aliphatic heterocycles. The van der Waals surface area contributed by atoms with Crippen molar-refractivity contribution >= 4 is 0 Å². The normalized spacial score (nSPS) is 26.9. The molecule has 0 nitrogen and oxygen atoms in total. The van der Waals surface area contributed by atoms with E-state index in [9.17, 15) is 0 Å². The van der Waals surface area contributed by atoms with Crippen LogP contribution in [-0.4, -0.2) is 0 Å². The molecule has 0 amide bonds. The summed E-state index contributed by atoms with van der Waals surface area (Å²) in [4.78, 5) is 0. The summed E-state index contributed by atoms with van der Waals surface area (Å²) in [5.41, 5.74) is 3.30. The molecule has 1 fully saturated rings. The number of rotatable bonds is 1. The molecule has 0 heterocycles. The average molecular weight is 172 g/mol. The van der Waals surface area contributed by atoms with E-state index in [0.29, 0.717) is 0 Å². The minimum Gasteiger partial charge on any atom is -0.0620 e. The van der Waals surface area contributed by atoms with Crippen LogP contribution in [0.3, 0.4) is 0 Å². The molecule has 1 saturated carbocycles. The molecule has 0 saturated heterocycles. The van der Waals surface area contributed by atoms with Gasteiger partial charge in [0.25, 0.3) is 0 Å². The lowest BCUT2D eigenvalue weighted by molar-refractivity contribution is 0.260. The molecule has 3 rings (SSSR count). The molecule has 2 aliphatic rings. The fourth-order valence-electron chi connectivity index (χ4n) is 2.92. The van der Waals surface area contributed by atoms with Gasteiger partial charge < -0.3 is 0 Å². The van der Waals surface area contributed by atoms with Gasteiger partial charge in [0, 0.05) is 0 Å². The van der Waals surface area contributed by atoms with Crippen molar-refractivity contribution in [1.82, 2.24) is 0 Å². The van der Waals surface area contributed by atoms with Crippen LogP contribution in [0, 0.1) is 5.92 Å². The molecule has 0 bridgehead atoms. The molecular formula is C13H16. The first-order chi connectivity index (χ1) is 6.45. The van der Waals surface area contributed by atoms with Crippen LogP contribution in [0.25, 0.3) is 0 Å². The zero-order valence-corrected chi connectivity index (χ0v) is 8.00. The van der Waals surface area contributed by atoms with Gasteiger partial charge in [-0.1, -0.05) is 30.7 Å². The lowest BCUT2D eigenvalue weighted by Gasteiger charge is -2.31. The predicted octanol–water partition coefficient (Wildman–Crippen LogP) is 3.52. The van der Waals surface area contributed by atoms with Gasteiger partial charge in [0.2, 0.25) is 0 Å². The fraction of sp³-hybridized carbons (Fsp3) is 0.538. The molecule has 0 spiro atoms. The van der Waals surface area contributed by atoms with Gasteiger partial charge in [-0.3, -0.25) is 0 Å². The van der Waals surface area contributed by atoms with Crippen molar-refractivity contribution in [2.75, 3.05) is 0 Å². The monoisotopic (exact) mass is 172 g/mol. The summed E-state index contributed by atoms with van der Waals surface area (Å²) in [6.07, 6.45) is 7.20. The fourth-order valence-corrected chi connectivity index (χ4v) is 2.92. The highest BCUT2D eigenvalue weighted by molar-refractivity contribution is 5.35. The lowest BCUT2D eigenvalue weighted by atomic mass is 9.73. The second kappa shape index (κ2) is 2.87. The first-order valence-electron chi connectivity index (χ1n) is 5.53. The number of hydrogen-bond donors (Lipinski definition) is 0. The molecule has 13 heavy (non-hydrogen) atoms. The minimum absolute atomic E-state index is 0.921. The second-order valence-corrected chi connectivity index (χ2v) is 4.53. The standard InChI is InChI=1S/C13H16/c1-2-7-12-11(4-1)8-9-13(12)10-5-3-6-10/h1-2,4,7,10,13H,3,5-6,8-9H2. The molecule has 68 valence electrons. The van der Waals surface area contributed by atoms with E-state index in [1.165, 1.54) is 32.1 Å². The number of benzene rings is 1. The van der Waals surface area contributed by atoms with Crippen LogP contribution in [0.1, 0.15) is 42.7 Å². The number of aryl methyl sites for hydroxylation is 1. The summed E-state index contributed by atoms with van der Waals surface area (Å²) in [5, 5.41) is 0. The van der Waals surface area contributed by atoms with Gasteiger partial charge in [-0.15, -0.1) is 0 Å². The third kappa shape index (κ3) is 1.12. The van der Waals surface area contributed by atoms with Gasteiger partial charge in [0.1, 0.15) is 0 Å². The largest absolute Gasteiger partial charge is 0.0620 e. The molecule has 1 unspecified atom stereocenters. The minimum atomic E-state index is 0.921. The third-order valence-corrected chi connectivity index (χ3v) is 3.90. The van der Waals surface area contributed by atoms with Crippen molar-refractivity contribution in [2.24, 2.45) is 5.92 Å². The molecule has 1 aromatic rings. The van der Waals surface area contributed by atoms with Gasteiger partial charge in [-0.25, -0.2) is 0 Å². The van der Waals surface area contributed by atoms with Crippen LogP contribution in [0.15, 0.2) is 24.3 Å². The Bertz CT molecular complexity index is 310. The van der Waals surface area contributed by atoms with Crippen molar-refractivity contribution < 1.29 is 0 Å². The van der Waals surface area contributed by atoms with E-state index in [0.717, 1.165) is 11.8 Å². The van der Waals surface area contributed by atoms with Crippen molar-refractivity contribution in [2.45, 2.75) is 38.0 Å².